The van der Waals surface area contributed by atoms with Crippen LogP contribution in [-0.2, 0) is 12.8 Å². The van der Waals surface area contributed by atoms with Crippen LogP contribution in [0.4, 0.5) is 0 Å². The number of benzene rings is 1. The Morgan fingerprint density at radius 1 is 1.11 bits per heavy atom. The molecule has 0 N–H and O–H groups in total. The van der Waals surface area contributed by atoms with Crippen LogP contribution in [0.2, 0.25) is 0 Å². The first kappa shape index (κ1) is 13.7. The molecule has 3 rings (SSSR count). The smallest absolute Gasteiger partial charge is 0.0426 e. The van der Waals surface area contributed by atoms with Crippen molar-refractivity contribution in [3.63, 3.8) is 0 Å². The van der Waals surface area contributed by atoms with Gasteiger partial charge in [-0.3, -0.25) is 0 Å². The molecule has 0 heterocycles. The molecule has 0 aliphatic heterocycles. The molecule has 0 amide bonds. The van der Waals surface area contributed by atoms with Crippen LogP contribution >= 0.6 is 15.9 Å². The second kappa shape index (κ2) is 5.60. The molecule has 0 saturated heterocycles. The van der Waals surface area contributed by atoms with Gasteiger partial charge in [-0.2, -0.15) is 0 Å². The molecule has 2 fully saturated rings. The van der Waals surface area contributed by atoms with Gasteiger partial charge in [0.2, 0.25) is 0 Å². The Labute approximate surface area is 126 Å². The quantitative estimate of drug-likeness (QED) is 0.626. The van der Waals surface area contributed by atoms with Crippen LogP contribution in [0.5, 0.6) is 0 Å². The highest BCUT2D eigenvalue weighted by molar-refractivity contribution is 9.09. The molecular formula is C18H25Br. The Morgan fingerprint density at radius 2 is 1.89 bits per heavy atom. The fourth-order valence-electron chi connectivity index (χ4n) is 4.39. The van der Waals surface area contributed by atoms with Crippen molar-refractivity contribution in [3.05, 3.63) is 34.9 Å². The molecule has 104 valence electrons. The van der Waals surface area contributed by atoms with Crippen molar-refractivity contribution in [3.8, 4) is 0 Å². The van der Waals surface area contributed by atoms with E-state index in [1.165, 1.54) is 36.8 Å². The predicted molar refractivity (Wildman–Crippen MR) is 85.8 cm³/mol. The highest BCUT2D eigenvalue weighted by Crippen LogP contribution is 2.54. The van der Waals surface area contributed by atoms with E-state index in [1.54, 1.807) is 5.56 Å². The van der Waals surface area contributed by atoms with E-state index >= 15 is 0 Å². The van der Waals surface area contributed by atoms with E-state index in [0.29, 0.717) is 4.83 Å². The van der Waals surface area contributed by atoms with E-state index in [9.17, 15) is 0 Å². The molecular weight excluding hydrogens is 296 g/mol. The Kier molecular flexibility index (Phi) is 4.03. The number of alkyl halides is 1. The van der Waals surface area contributed by atoms with Crippen molar-refractivity contribution in [2.24, 2.45) is 17.8 Å². The molecule has 4 atom stereocenters. The monoisotopic (exact) mass is 320 g/mol. The van der Waals surface area contributed by atoms with Gasteiger partial charge >= 0.3 is 0 Å². The number of fused-ring (bicyclic) bond motifs is 2. The van der Waals surface area contributed by atoms with Crippen molar-refractivity contribution in [1.82, 2.24) is 0 Å². The molecule has 2 aliphatic rings. The van der Waals surface area contributed by atoms with E-state index in [2.05, 4.69) is 48.0 Å². The van der Waals surface area contributed by atoms with Crippen molar-refractivity contribution >= 4 is 15.9 Å². The fourth-order valence-corrected chi connectivity index (χ4v) is 5.32. The molecule has 4 unspecified atom stereocenters. The maximum absolute atomic E-state index is 4.02. The van der Waals surface area contributed by atoms with Gasteiger partial charge in [0.05, 0.1) is 0 Å². The van der Waals surface area contributed by atoms with Crippen LogP contribution in [0, 0.1) is 17.8 Å². The van der Waals surface area contributed by atoms with Crippen molar-refractivity contribution < 1.29 is 0 Å². The average Bonchev–Trinajstić information content (AvgIpc) is 3.08. The van der Waals surface area contributed by atoms with Crippen molar-refractivity contribution in [2.45, 2.75) is 57.2 Å². The maximum Gasteiger partial charge on any atom is 0.0426 e. The van der Waals surface area contributed by atoms with Crippen LogP contribution in [-0.4, -0.2) is 0 Å². The third-order valence-corrected chi connectivity index (χ3v) is 6.69. The lowest BCUT2D eigenvalue weighted by atomic mass is 9.83. The molecule has 1 aromatic rings. The van der Waals surface area contributed by atoms with E-state index in [4.69, 9.17) is 0 Å². The summed E-state index contributed by atoms with van der Waals surface area (Å²) in [5.41, 5.74) is 4.60. The van der Waals surface area contributed by atoms with Crippen LogP contribution in [0.3, 0.4) is 0 Å². The summed E-state index contributed by atoms with van der Waals surface area (Å²) in [5.74, 6) is 2.91. The lowest BCUT2D eigenvalue weighted by molar-refractivity contribution is 0.329. The maximum atomic E-state index is 4.02. The summed E-state index contributed by atoms with van der Waals surface area (Å²) in [6, 6.07) is 7.18. The largest absolute Gasteiger partial charge is 0.0836 e. The standard InChI is InChI=1S/C18H25Br/c1-3-13-7-8-16(11-14(13)4-2)18(19)17-10-12-5-6-15(17)9-12/h7-8,11-12,15,17-18H,3-6,9-10H2,1-2H3. The molecule has 1 heteroatoms. The second-order valence-corrected chi connectivity index (χ2v) is 7.46. The third kappa shape index (κ3) is 2.51. The van der Waals surface area contributed by atoms with Gasteiger partial charge in [0.15, 0.2) is 0 Å². The lowest BCUT2D eigenvalue weighted by Gasteiger charge is -2.27. The number of aryl methyl sites for hydroxylation is 2. The molecule has 2 bridgehead atoms. The fraction of sp³-hybridized carbons (Fsp3) is 0.667. The Bertz CT molecular complexity index is 451. The van der Waals surface area contributed by atoms with Crippen LogP contribution < -0.4 is 0 Å². The van der Waals surface area contributed by atoms with Crippen LogP contribution in [0.15, 0.2) is 18.2 Å². The Morgan fingerprint density at radius 3 is 2.47 bits per heavy atom. The van der Waals surface area contributed by atoms with Gasteiger partial charge in [-0.25, -0.2) is 0 Å². The zero-order valence-corrected chi connectivity index (χ0v) is 13.7. The highest BCUT2D eigenvalue weighted by atomic mass is 79.9. The van der Waals surface area contributed by atoms with E-state index in [1.807, 2.05) is 0 Å². The molecule has 0 spiro atoms. The normalized spacial score (nSPS) is 30.8. The number of rotatable bonds is 4. The SMILES string of the molecule is CCc1ccc(C(Br)C2CC3CCC2C3)cc1CC. The van der Waals surface area contributed by atoms with Crippen LogP contribution in [0.25, 0.3) is 0 Å². The first-order valence-corrected chi connectivity index (χ1v) is 8.90. The van der Waals surface area contributed by atoms with Crippen molar-refractivity contribution in [2.75, 3.05) is 0 Å². The van der Waals surface area contributed by atoms with E-state index in [-0.39, 0.29) is 0 Å². The summed E-state index contributed by atoms with van der Waals surface area (Å²) >= 11 is 4.02. The van der Waals surface area contributed by atoms with E-state index in [0.717, 1.165) is 30.6 Å². The van der Waals surface area contributed by atoms with Gasteiger partial charge in [-0.15, -0.1) is 0 Å². The lowest BCUT2D eigenvalue weighted by Crippen LogP contribution is -2.15. The zero-order valence-electron chi connectivity index (χ0n) is 12.2. The highest BCUT2D eigenvalue weighted by Gasteiger charge is 2.42. The summed E-state index contributed by atoms with van der Waals surface area (Å²) in [7, 11) is 0. The number of hydrogen-bond acceptors (Lipinski definition) is 0. The Balaban J connectivity index is 1.81. The average molecular weight is 321 g/mol. The molecule has 1 aromatic carbocycles. The molecule has 0 aromatic heterocycles. The van der Waals surface area contributed by atoms with Gasteiger partial charge in [0.1, 0.15) is 0 Å². The summed E-state index contributed by atoms with van der Waals surface area (Å²) in [4.78, 5) is 0.582. The first-order valence-electron chi connectivity index (χ1n) is 7.98. The summed E-state index contributed by atoms with van der Waals surface area (Å²) in [6.07, 6.45) is 8.25. The van der Waals surface area contributed by atoms with Gasteiger partial charge in [0.25, 0.3) is 0 Å². The summed E-state index contributed by atoms with van der Waals surface area (Å²) in [6.45, 7) is 4.54. The van der Waals surface area contributed by atoms with Crippen molar-refractivity contribution in [1.29, 1.82) is 0 Å². The predicted octanol–water partition coefficient (Wildman–Crippen LogP) is 5.68. The molecule has 0 radical (unpaired) electrons. The van der Waals surface area contributed by atoms with Crippen LogP contribution in [0.1, 0.15) is 61.0 Å². The van der Waals surface area contributed by atoms with Gasteiger partial charge in [0, 0.05) is 4.83 Å². The topological polar surface area (TPSA) is 0 Å². The summed E-state index contributed by atoms with van der Waals surface area (Å²) in [5, 5.41) is 0. The second-order valence-electron chi connectivity index (χ2n) is 6.48. The molecule has 0 nitrogen and oxygen atoms in total. The number of halogens is 1. The van der Waals surface area contributed by atoms with Gasteiger partial charge in [-0.05, 0) is 66.5 Å². The van der Waals surface area contributed by atoms with Gasteiger partial charge < -0.3 is 0 Å². The number of hydrogen-bond donors (Lipinski definition) is 0. The third-order valence-electron chi connectivity index (χ3n) is 5.48. The van der Waals surface area contributed by atoms with E-state index < -0.39 is 0 Å². The minimum atomic E-state index is 0.582. The first-order chi connectivity index (χ1) is 9.22. The molecule has 19 heavy (non-hydrogen) atoms. The molecule has 2 saturated carbocycles. The minimum absolute atomic E-state index is 0.582. The molecule has 2 aliphatic carbocycles. The minimum Gasteiger partial charge on any atom is -0.0836 e. The summed E-state index contributed by atoms with van der Waals surface area (Å²) < 4.78 is 0. The Hall–Kier alpha value is -0.300. The van der Waals surface area contributed by atoms with Gasteiger partial charge in [-0.1, -0.05) is 54.4 Å². The zero-order chi connectivity index (χ0) is 13.4.